The molecule has 0 saturated heterocycles. The Morgan fingerprint density at radius 3 is 2.50 bits per heavy atom. The zero-order valence-corrected chi connectivity index (χ0v) is 11.2. The maximum Gasteiger partial charge on any atom is 0.182 e. The van der Waals surface area contributed by atoms with Crippen LogP contribution in [0.25, 0.3) is 11.4 Å². The number of hydrogen-bond donors (Lipinski definition) is 0. The normalized spacial score (nSPS) is 11.1. The van der Waals surface area contributed by atoms with Crippen LogP contribution in [0.15, 0.2) is 28.7 Å². The van der Waals surface area contributed by atoms with Crippen molar-refractivity contribution in [3.05, 3.63) is 34.6 Å². The Labute approximate surface area is 104 Å². The first-order valence-electron chi connectivity index (χ1n) is 5.25. The van der Waals surface area contributed by atoms with E-state index in [1.165, 1.54) is 0 Å². The molecular weight excluding hydrogens is 266 g/mol. The van der Waals surface area contributed by atoms with Crippen LogP contribution in [-0.4, -0.2) is 14.8 Å². The van der Waals surface area contributed by atoms with E-state index in [0.717, 1.165) is 21.7 Å². The molecular formula is C12H14BrN3. The molecule has 0 aliphatic heterocycles. The summed E-state index contributed by atoms with van der Waals surface area (Å²) in [5.74, 6) is 2.16. The molecule has 0 bridgehead atoms. The van der Waals surface area contributed by atoms with E-state index in [2.05, 4.69) is 39.9 Å². The fourth-order valence-electron chi connectivity index (χ4n) is 1.66. The van der Waals surface area contributed by atoms with E-state index in [1.54, 1.807) is 0 Å². The largest absolute Gasteiger partial charge is 0.252 e. The van der Waals surface area contributed by atoms with Crippen molar-refractivity contribution >= 4 is 15.9 Å². The molecule has 84 valence electrons. The standard InChI is InChI=1S/C12H14BrN3/c1-8(2)12-14-11(15-16(12)3)9-6-4-5-7-10(9)13/h4-8H,1-3H3. The predicted octanol–water partition coefficient (Wildman–Crippen LogP) is 3.37. The van der Waals surface area contributed by atoms with Crippen molar-refractivity contribution < 1.29 is 0 Å². The Morgan fingerprint density at radius 2 is 1.94 bits per heavy atom. The zero-order valence-electron chi connectivity index (χ0n) is 9.61. The summed E-state index contributed by atoms with van der Waals surface area (Å²) in [4.78, 5) is 4.56. The second-order valence-electron chi connectivity index (χ2n) is 4.05. The van der Waals surface area contributed by atoms with Gasteiger partial charge in [-0.2, -0.15) is 5.10 Å². The van der Waals surface area contributed by atoms with Gasteiger partial charge in [0.15, 0.2) is 5.82 Å². The van der Waals surface area contributed by atoms with E-state index < -0.39 is 0 Å². The van der Waals surface area contributed by atoms with Gasteiger partial charge in [0.05, 0.1) is 0 Å². The number of halogens is 1. The topological polar surface area (TPSA) is 30.7 Å². The van der Waals surface area contributed by atoms with Crippen LogP contribution >= 0.6 is 15.9 Å². The highest BCUT2D eigenvalue weighted by Crippen LogP contribution is 2.26. The van der Waals surface area contributed by atoms with E-state index in [1.807, 2.05) is 36.0 Å². The molecule has 0 radical (unpaired) electrons. The lowest BCUT2D eigenvalue weighted by atomic mass is 10.2. The third kappa shape index (κ3) is 2.02. The van der Waals surface area contributed by atoms with Crippen molar-refractivity contribution in [2.45, 2.75) is 19.8 Å². The Morgan fingerprint density at radius 1 is 1.25 bits per heavy atom. The summed E-state index contributed by atoms with van der Waals surface area (Å²) in [6, 6.07) is 8.00. The summed E-state index contributed by atoms with van der Waals surface area (Å²) in [5, 5.41) is 4.44. The molecule has 1 heterocycles. The molecule has 16 heavy (non-hydrogen) atoms. The number of rotatable bonds is 2. The molecule has 0 aliphatic rings. The van der Waals surface area contributed by atoms with Crippen molar-refractivity contribution in [1.29, 1.82) is 0 Å². The monoisotopic (exact) mass is 279 g/mol. The molecule has 0 atom stereocenters. The van der Waals surface area contributed by atoms with Crippen molar-refractivity contribution in [3.63, 3.8) is 0 Å². The second-order valence-corrected chi connectivity index (χ2v) is 4.91. The van der Waals surface area contributed by atoms with E-state index in [9.17, 15) is 0 Å². The minimum atomic E-state index is 0.383. The quantitative estimate of drug-likeness (QED) is 0.844. The van der Waals surface area contributed by atoms with Crippen LogP contribution in [0.4, 0.5) is 0 Å². The molecule has 4 heteroatoms. The lowest BCUT2D eigenvalue weighted by Gasteiger charge is -2.00. The Hall–Kier alpha value is -1.16. The molecule has 0 amide bonds. The van der Waals surface area contributed by atoms with Crippen LogP contribution in [0, 0.1) is 0 Å². The van der Waals surface area contributed by atoms with Crippen LogP contribution < -0.4 is 0 Å². The minimum Gasteiger partial charge on any atom is -0.252 e. The van der Waals surface area contributed by atoms with Crippen molar-refractivity contribution in [2.24, 2.45) is 7.05 Å². The molecule has 0 fully saturated rings. The van der Waals surface area contributed by atoms with Gasteiger partial charge in [0.2, 0.25) is 0 Å². The molecule has 0 saturated carbocycles. The first-order valence-corrected chi connectivity index (χ1v) is 6.04. The van der Waals surface area contributed by atoms with Crippen LogP contribution in [0.2, 0.25) is 0 Å². The number of aryl methyl sites for hydroxylation is 1. The molecule has 0 aliphatic carbocycles. The average Bonchev–Trinajstić information content (AvgIpc) is 2.61. The summed E-state index contributed by atoms with van der Waals surface area (Å²) in [5.41, 5.74) is 1.03. The number of aromatic nitrogens is 3. The Kier molecular flexibility index (Phi) is 3.10. The number of hydrogen-bond acceptors (Lipinski definition) is 2. The Balaban J connectivity index is 2.50. The zero-order chi connectivity index (χ0) is 11.7. The first-order chi connectivity index (χ1) is 7.59. The maximum atomic E-state index is 4.56. The van der Waals surface area contributed by atoms with Crippen LogP contribution in [-0.2, 0) is 7.05 Å². The molecule has 1 aromatic carbocycles. The minimum absolute atomic E-state index is 0.383. The summed E-state index contributed by atoms with van der Waals surface area (Å²) in [6.07, 6.45) is 0. The third-order valence-electron chi connectivity index (χ3n) is 2.43. The highest BCUT2D eigenvalue weighted by molar-refractivity contribution is 9.10. The van der Waals surface area contributed by atoms with Crippen LogP contribution in [0.1, 0.15) is 25.6 Å². The highest BCUT2D eigenvalue weighted by Gasteiger charge is 2.13. The van der Waals surface area contributed by atoms with Gasteiger partial charge in [0.1, 0.15) is 5.82 Å². The summed E-state index contributed by atoms with van der Waals surface area (Å²) >= 11 is 3.51. The lowest BCUT2D eigenvalue weighted by Crippen LogP contribution is -2.00. The predicted molar refractivity (Wildman–Crippen MR) is 68.2 cm³/mol. The molecule has 0 unspecified atom stereocenters. The molecule has 0 spiro atoms. The van der Waals surface area contributed by atoms with Gasteiger partial charge in [-0.25, -0.2) is 4.98 Å². The molecule has 2 aromatic rings. The lowest BCUT2D eigenvalue weighted by molar-refractivity contribution is 0.655. The molecule has 3 nitrogen and oxygen atoms in total. The SMILES string of the molecule is CC(C)c1nc(-c2ccccc2Br)nn1C. The van der Waals surface area contributed by atoms with Gasteiger partial charge in [-0.05, 0) is 12.1 Å². The Bertz CT molecular complexity index is 503. The van der Waals surface area contributed by atoms with Crippen LogP contribution in [0.5, 0.6) is 0 Å². The summed E-state index contributed by atoms with van der Waals surface area (Å²) in [7, 11) is 1.93. The molecule has 2 rings (SSSR count). The van der Waals surface area contributed by atoms with E-state index >= 15 is 0 Å². The van der Waals surface area contributed by atoms with Gasteiger partial charge in [0.25, 0.3) is 0 Å². The smallest absolute Gasteiger partial charge is 0.182 e. The van der Waals surface area contributed by atoms with E-state index in [0.29, 0.717) is 5.92 Å². The second kappa shape index (κ2) is 4.37. The number of benzene rings is 1. The first kappa shape index (κ1) is 11.3. The summed E-state index contributed by atoms with van der Waals surface area (Å²) < 4.78 is 2.87. The van der Waals surface area contributed by atoms with Crippen molar-refractivity contribution in [1.82, 2.24) is 14.8 Å². The highest BCUT2D eigenvalue weighted by atomic mass is 79.9. The van der Waals surface area contributed by atoms with Gasteiger partial charge in [-0.3, -0.25) is 4.68 Å². The van der Waals surface area contributed by atoms with Gasteiger partial charge in [-0.15, -0.1) is 0 Å². The maximum absolute atomic E-state index is 4.56. The van der Waals surface area contributed by atoms with Crippen LogP contribution in [0.3, 0.4) is 0 Å². The third-order valence-corrected chi connectivity index (χ3v) is 3.12. The van der Waals surface area contributed by atoms with Gasteiger partial charge >= 0.3 is 0 Å². The van der Waals surface area contributed by atoms with Gasteiger partial charge < -0.3 is 0 Å². The molecule has 1 aromatic heterocycles. The fourth-order valence-corrected chi connectivity index (χ4v) is 2.12. The fraction of sp³-hybridized carbons (Fsp3) is 0.333. The summed E-state index contributed by atoms with van der Waals surface area (Å²) in [6.45, 7) is 4.24. The van der Waals surface area contributed by atoms with E-state index in [-0.39, 0.29) is 0 Å². The van der Waals surface area contributed by atoms with Gasteiger partial charge in [-0.1, -0.05) is 41.9 Å². The van der Waals surface area contributed by atoms with E-state index in [4.69, 9.17) is 0 Å². The van der Waals surface area contributed by atoms with Crippen molar-refractivity contribution in [2.75, 3.05) is 0 Å². The molecule has 0 N–H and O–H groups in total. The number of nitrogens with zero attached hydrogens (tertiary/aromatic N) is 3. The van der Waals surface area contributed by atoms with Gasteiger partial charge in [0, 0.05) is 23.0 Å². The average molecular weight is 280 g/mol. The van der Waals surface area contributed by atoms with Crippen molar-refractivity contribution in [3.8, 4) is 11.4 Å².